The van der Waals surface area contributed by atoms with Crippen molar-refractivity contribution in [3.8, 4) is 6.07 Å². The van der Waals surface area contributed by atoms with Gasteiger partial charge in [-0.15, -0.1) is 0 Å². The van der Waals surface area contributed by atoms with Gasteiger partial charge >= 0.3 is 6.18 Å². The second kappa shape index (κ2) is 7.94. The van der Waals surface area contributed by atoms with Crippen LogP contribution in [0.4, 0.5) is 13.2 Å². The molecule has 2 bridgehead atoms. The average molecular weight is 411 g/mol. The first-order valence-corrected chi connectivity index (χ1v) is 10.4. The maximum Gasteiger partial charge on any atom is 0.417 e. The molecular weight excluding hydrogens is 387 g/mol. The molecule has 2 aliphatic carbocycles. The number of nitrogens with one attached hydrogen (secondary N) is 1. The molecule has 2 saturated carbocycles. The van der Waals surface area contributed by atoms with Crippen LogP contribution in [-0.2, 0) is 11.0 Å². The Morgan fingerprint density at radius 2 is 2.07 bits per heavy atom. The highest BCUT2D eigenvalue weighted by Gasteiger charge is 2.42. The van der Waals surface area contributed by atoms with E-state index in [1.54, 1.807) is 13.0 Å². The molecule has 0 spiro atoms. The van der Waals surface area contributed by atoms with Crippen molar-refractivity contribution in [3.05, 3.63) is 22.9 Å². The highest BCUT2D eigenvalue weighted by atomic mass is 32.2. The van der Waals surface area contributed by atoms with Crippen LogP contribution in [0.3, 0.4) is 0 Å². The van der Waals surface area contributed by atoms with Gasteiger partial charge < -0.3 is 5.32 Å². The van der Waals surface area contributed by atoms with E-state index in [4.69, 9.17) is 0 Å². The predicted octanol–water partition coefficient (Wildman–Crippen LogP) is 4.70. The zero-order valence-electron chi connectivity index (χ0n) is 16.1. The summed E-state index contributed by atoms with van der Waals surface area (Å²) < 4.78 is 39.7. The van der Waals surface area contributed by atoms with Crippen LogP contribution in [0, 0.1) is 36.0 Å². The Morgan fingerprint density at radius 3 is 2.61 bits per heavy atom. The minimum Gasteiger partial charge on any atom is -0.352 e. The van der Waals surface area contributed by atoms with E-state index >= 15 is 0 Å². The van der Waals surface area contributed by atoms with Crippen molar-refractivity contribution in [2.75, 3.05) is 0 Å². The number of nitrogens with zero attached hydrogens (tertiary/aromatic N) is 2. The van der Waals surface area contributed by atoms with Crippen LogP contribution in [-0.4, -0.2) is 22.2 Å². The van der Waals surface area contributed by atoms with Crippen LogP contribution in [0.15, 0.2) is 11.1 Å². The monoisotopic (exact) mass is 411 g/mol. The van der Waals surface area contributed by atoms with Crippen molar-refractivity contribution < 1.29 is 18.0 Å². The van der Waals surface area contributed by atoms with Gasteiger partial charge in [0.2, 0.25) is 5.91 Å². The third-order valence-corrected chi connectivity index (χ3v) is 7.08. The highest BCUT2D eigenvalue weighted by Crippen LogP contribution is 2.49. The molecule has 0 aliphatic heterocycles. The molecule has 2 aliphatic rings. The van der Waals surface area contributed by atoms with E-state index in [2.05, 4.69) is 10.3 Å². The molecule has 0 radical (unpaired) electrons. The smallest absolute Gasteiger partial charge is 0.352 e. The van der Waals surface area contributed by atoms with Crippen LogP contribution >= 0.6 is 11.8 Å². The van der Waals surface area contributed by atoms with Gasteiger partial charge in [0.05, 0.1) is 16.4 Å². The Hall–Kier alpha value is -1.75. The number of rotatable bonds is 5. The number of hydrogen-bond acceptors (Lipinski definition) is 4. The van der Waals surface area contributed by atoms with E-state index < -0.39 is 22.6 Å². The van der Waals surface area contributed by atoms with Gasteiger partial charge in [-0.25, -0.2) is 4.98 Å². The molecule has 1 amide bonds. The van der Waals surface area contributed by atoms with Gasteiger partial charge in [0.1, 0.15) is 11.1 Å². The number of fused-ring (bicyclic) bond motifs is 2. The van der Waals surface area contributed by atoms with Crippen molar-refractivity contribution in [1.29, 1.82) is 5.26 Å². The van der Waals surface area contributed by atoms with Crippen LogP contribution in [0.25, 0.3) is 0 Å². The predicted molar refractivity (Wildman–Crippen MR) is 101 cm³/mol. The van der Waals surface area contributed by atoms with Gasteiger partial charge in [-0.2, -0.15) is 18.4 Å². The van der Waals surface area contributed by atoms with Crippen LogP contribution in [0.1, 0.15) is 56.4 Å². The summed E-state index contributed by atoms with van der Waals surface area (Å²) in [6.07, 6.45) is 0.245. The summed E-state index contributed by atoms with van der Waals surface area (Å²) >= 11 is 0.902. The van der Waals surface area contributed by atoms with E-state index in [0.29, 0.717) is 11.8 Å². The topological polar surface area (TPSA) is 65.8 Å². The zero-order valence-corrected chi connectivity index (χ0v) is 17.0. The van der Waals surface area contributed by atoms with E-state index in [9.17, 15) is 23.2 Å². The Kier molecular flexibility index (Phi) is 5.95. The van der Waals surface area contributed by atoms with Gasteiger partial charge in [0.15, 0.2) is 0 Å². The molecule has 8 heteroatoms. The molecule has 152 valence electrons. The van der Waals surface area contributed by atoms with Crippen molar-refractivity contribution >= 4 is 17.7 Å². The van der Waals surface area contributed by atoms with Crippen molar-refractivity contribution in [3.63, 3.8) is 0 Å². The number of carbonyl (C=O) groups excluding carboxylic acids is 1. The number of amides is 1. The van der Waals surface area contributed by atoms with E-state index in [0.717, 1.165) is 30.2 Å². The van der Waals surface area contributed by atoms with Gasteiger partial charge in [-0.05, 0) is 63.9 Å². The Labute approximate surface area is 167 Å². The first-order chi connectivity index (χ1) is 13.1. The number of nitriles is 1. The lowest BCUT2D eigenvalue weighted by Crippen LogP contribution is -2.43. The summed E-state index contributed by atoms with van der Waals surface area (Å²) in [5.74, 6) is 1.68. The van der Waals surface area contributed by atoms with E-state index in [1.165, 1.54) is 26.2 Å². The molecule has 1 aromatic heterocycles. The quantitative estimate of drug-likeness (QED) is 0.713. The summed E-state index contributed by atoms with van der Waals surface area (Å²) in [5, 5.41) is 11.6. The second-order valence-electron chi connectivity index (χ2n) is 8.00. The molecule has 5 atom stereocenters. The number of thioether (sulfide) groups is 1. The number of aromatic nitrogens is 1. The summed E-state index contributed by atoms with van der Waals surface area (Å²) in [4.78, 5) is 16.7. The van der Waals surface area contributed by atoms with Gasteiger partial charge in [0, 0.05) is 11.7 Å². The molecule has 1 aromatic rings. The summed E-state index contributed by atoms with van der Waals surface area (Å²) in [7, 11) is 0. The largest absolute Gasteiger partial charge is 0.417 e. The first kappa shape index (κ1) is 21.0. The van der Waals surface area contributed by atoms with Crippen molar-refractivity contribution in [1.82, 2.24) is 10.3 Å². The zero-order chi connectivity index (χ0) is 20.6. The van der Waals surface area contributed by atoms with Crippen molar-refractivity contribution in [2.24, 2.45) is 17.8 Å². The first-order valence-electron chi connectivity index (χ1n) is 9.56. The molecule has 0 saturated heterocycles. The minimum atomic E-state index is -4.64. The molecule has 1 heterocycles. The summed E-state index contributed by atoms with van der Waals surface area (Å²) in [5.41, 5.74) is -1.37. The fourth-order valence-electron chi connectivity index (χ4n) is 4.64. The molecule has 1 N–H and O–H groups in total. The summed E-state index contributed by atoms with van der Waals surface area (Å²) in [6.45, 7) is 5.09. The Morgan fingerprint density at radius 1 is 1.36 bits per heavy atom. The lowest BCUT2D eigenvalue weighted by Gasteiger charge is -2.29. The molecule has 5 unspecified atom stereocenters. The highest BCUT2D eigenvalue weighted by molar-refractivity contribution is 8.00. The molecule has 0 aromatic carbocycles. The average Bonchev–Trinajstić information content (AvgIpc) is 3.23. The third-order valence-electron chi connectivity index (χ3n) is 5.99. The van der Waals surface area contributed by atoms with Crippen LogP contribution in [0.2, 0.25) is 0 Å². The number of carbonyl (C=O) groups is 1. The standard InChI is InChI=1S/C20H24F3N3OS/c1-10-6-17(20(21,22)23)16(9-24)19(25-10)28-12(3)18(27)26-11(2)15-8-13-4-5-14(15)7-13/h6,11-15H,4-5,7-8H2,1-3H3,(H,26,27). The van der Waals surface area contributed by atoms with E-state index in [-0.39, 0.29) is 22.7 Å². The molecule has 2 fully saturated rings. The number of aryl methyl sites for hydroxylation is 1. The fraction of sp³-hybridized carbons (Fsp3) is 0.650. The van der Waals surface area contributed by atoms with E-state index in [1.807, 2.05) is 6.92 Å². The molecule has 4 nitrogen and oxygen atoms in total. The normalized spacial score (nSPS) is 26.0. The van der Waals surface area contributed by atoms with Gasteiger partial charge in [0.25, 0.3) is 0 Å². The summed E-state index contributed by atoms with van der Waals surface area (Å²) in [6, 6.07) is 2.52. The number of pyridine rings is 1. The number of halogens is 3. The van der Waals surface area contributed by atoms with Crippen molar-refractivity contribution in [2.45, 2.75) is 68.9 Å². The van der Waals surface area contributed by atoms with Crippen LogP contribution < -0.4 is 5.32 Å². The number of alkyl halides is 3. The Bertz CT molecular complexity index is 805. The fourth-order valence-corrected chi connectivity index (χ4v) is 5.62. The maximum absolute atomic E-state index is 13.2. The second-order valence-corrected chi connectivity index (χ2v) is 9.33. The SMILES string of the molecule is Cc1cc(C(F)(F)F)c(C#N)c(SC(C)C(=O)NC(C)C2CC3CCC2C3)n1. The lowest BCUT2D eigenvalue weighted by atomic mass is 9.84. The van der Waals surface area contributed by atoms with Gasteiger partial charge in [-0.1, -0.05) is 18.2 Å². The maximum atomic E-state index is 13.2. The lowest BCUT2D eigenvalue weighted by molar-refractivity contribution is -0.138. The van der Waals surface area contributed by atoms with Gasteiger partial charge in [-0.3, -0.25) is 4.79 Å². The molecule has 28 heavy (non-hydrogen) atoms. The van der Waals surface area contributed by atoms with Crippen LogP contribution in [0.5, 0.6) is 0 Å². The number of hydrogen-bond donors (Lipinski definition) is 1. The molecular formula is C20H24F3N3OS. The molecule has 3 rings (SSSR count). The Balaban J connectivity index is 1.70. The minimum absolute atomic E-state index is 0.0393. The third kappa shape index (κ3) is 4.29.